The summed E-state index contributed by atoms with van der Waals surface area (Å²) in [5, 5.41) is 22.5. The van der Waals surface area contributed by atoms with Gasteiger partial charge in [-0.25, -0.2) is 0 Å². The zero-order valence-corrected chi connectivity index (χ0v) is 9.70. The molecular formula is C7H6ClN5O2S. The smallest absolute Gasteiger partial charge is 0.358 e. The molecule has 2 heterocycles. The molecule has 0 spiro atoms. The second-order valence-electron chi connectivity index (χ2n) is 3.04. The van der Waals surface area contributed by atoms with Crippen molar-refractivity contribution in [3.05, 3.63) is 31.3 Å². The van der Waals surface area contributed by atoms with Crippen LogP contribution in [0.2, 0.25) is 4.47 Å². The van der Waals surface area contributed by atoms with Gasteiger partial charge in [0.25, 0.3) is 0 Å². The Balaban J connectivity index is 2.22. The van der Waals surface area contributed by atoms with Crippen LogP contribution in [0.15, 0.2) is 6.20 Å². The summed E-state index contributed by atoms with van der Waals surface area (Å²) in [5.41, 5.74) is 0.514. The number of nitro groups is 1. The van der Waals surface area contributed by atoms with E-state index in [4.69, 9.17) is 11.6 Å². The quantitative estimate of drug-likeness (QED) is 0.618. The zero-order chi connectivity index (χ0) is 11.7. The van der Waals surface area contributed by atoms with Crippen molar-refractivity contribution in [3.63, 3.8) is 0 Å². The molecule has 0 aliphatic heterocycles. The molecule has 2 rings (SSSR count). The maximum atomic E-state index is 10.6. The molecule has 0 fully saturated rings. The van der Waals surface area contributed by atoms with E-state index in [0.717, 1.165) is 0 Å². The molecule has 16 heavy (non-hydrogen) atoms. The molecule has 2 aromatic heterocycles. The van der Waals surface area contributed by atoms with Crippen LogP contribution in [0.3, 0.4) is 0 Å². The van der Waals surface area contributed by atoms with Gasteiger partial charge in [-0.15, -0.1) is 10.2 Å². The molecular weight excluding hydrogens is 254 g/mol. The third-order valence-corrected chi connectivity index (χ3v) is 2.83. The highest BCUT2D eigenvalue weighted by Gasteiger charge is 2.17. The number of hydrogen-bond acceptors (Lipinski definition) is 6. The first-order valence-electron chi connectivity index (χ1n) is 4.22. The van der Waals surface area contributed by atoms with Crippen molar-refractivity contribution in [2.24, 2.45) is 0 Å². The van der Waals surface area contributed by atoms with Gasteiger partial charge >= 0.3 is 5.82 Å². The Hall–Kier alpha value is -1.54. The number of rotatable bonds is 3. The molecule has 84 valence electrons. The highest BCUT2D eigenvalue weighted by Crippen LogP contribution is 2.18. The first-order chi connectivity index (χ1) is 7.56. The lowest BCUT2D eigenvalue weighted by atomic mass is 10.4. The van der Waals surface area contributed by atoms with Crippen LogP contribution in [-0.4, -0.2) is 24.9 Å². The van der Waals surface area contributed by atoms with Gasteiger partial charge in [-0.3, -0.25) is 0 Å². The predicted octanol–water partition coefficient (Wildman–Crippen LogP) is 1.65. The van der Waals surface area contributed by atoms with E-state index in [2.05, 4.69) is 15.3 Å². The molecule has 0 atom stereocenters. The minimum Gasteiger partial charge on any atom is -0.358 e. The summed E-state index contributed by atoms with van der Waals surface area (Å²) in [4.78, 5) is 10.1. The summed E-state index contributed by atoms with van der Waals surface area (Å²) in [7, 11) is 0. The van der Waals surface area contributed by atoms with Crippen LogP contribution in [-0.2, 0) is 6.54 Å². The van der Waals surface area contributed by atoms with E-state index in [1.54, 1.807) is 13.1 Å². The van der Waals surface area contributed by atoms with Crippen molar-refractivity contribution in [1.82, 2.24) is 20.0 Å². The van der Waals surface area contributed by atoms with Crippen LogP contribution < -0.4 is 0 Å². The highest BCUT2D eigenvalue weighted by atomic mass is 35.5. The largest absolute Gasteiger partial charge is 0.392 e. The van der Waals surface area contributed by atoms with Gasteiger partial charge in [0.2, 0.25) is 4.47 Å². The standard InChI is InChI=1S/C7H6ClN5O2S/c1-4-2-12(11-6(4)13(14)15)3-5-9-10-7(8)16-5/h2H,3H2,1H3. The van der Waals surface area contributed by atoms with E-state index in [-0.39, 0.29) is 5.82 Å². The first-order valence-corrected chi connectivity index (χ1v) is 5.42. The number of hydrogen-bond donors (Lipinski definition) is 0. The summed E-state index contributed by atoms with van der Waals surface area (Å²) in [6, 6.07) is 0. The Labute approximate surface area is 98.8 Å². The molecule has 0 unspecified atom stereocenters. The van der Waals surface area contributed by atoms with Crippen molar-refractivity contribution in [1.29, 1.82) is 0 Å². The molecule has 0 aromatic carbocycles. The van der Waals surface area contributed by atoms with E-state index in [1.165, 1.54) is 16.0 Å². The second-order valence-corrected chi connectivity index (χ2v) is 4.68. The summed E-state index contributed by atoms with van der Waals surface area (Å²) < 4.78 is 1.79. The van der Waals surface area contributed by atoms with Gasteiger partial charge in [0.15, 0.2) is 0 Å². The number of aromatic nitrogens is 4. The Morgan fingerprint density at radius 3 is 2.88 bits per heavy atom. The Morgan fingerprint density at radius 2 is 2.38 bits per heavy atom. The molecule has 7 nitrogen and oxygen atoms in total. The molecule has 0 amide bonds. The third kappa shape index (κ3) is 2.17. The van der Waals surface area contributed by atoms with Gasteiger partial charge in [0.05, 0.1) is 16.9 Å². The molecule has 0 saturated heterocycles. The fourth-order valence-corrected chi connectivity index (χ4v) is 2.07. The lowest BCUT2D eigenvalue weighted by Crippen LogP contribution is -2.00. The summed E-state index contributed by atoms with van der Waals surface area (Å²) in [6.07, 6.45) is 1.59. The molecule has 2 aromatic rings. The van der Waals surface area contributed by atoms with Gasteiger partial charge in [-0.2, -0.15) is 4.68 Å². The lowest BCUT2D eigenvalue weighted by Gasteiger charge is -1.89. The minimum atomic E-state index is -0.515. The molecule has 0 aliphatic carbocycles. The van der Waals surface area contributed by atoms with E-state index in [0.29, 0.717) is 21.6 Å². The van der Waals surface area contributed by atoms with Gasteiger partial charge < -0.3 is 10.1 Å². The molecule has 0 aliphatic rings. The first kappa shape index (κ1) is 11.0. The maximum Gasteiger partial charge on any atom is 0.392 e. The van der Waals surface area contributed by atoms with E-state index in [1.807, 2.05) is 0 Å². The van der Waals surface area contributed by atoms with E-state index < -0.39 is 4.92 Å². The van der Waals surface area contributed by atoms with Crippen molar-refractivity contribution >= 4 is 28.8 Å². The number of aryl methyl sites for hydroxylation is 1. The molecule has 9 heteroatoms. The lowest BCUT2D eigenvalue weighted by molar-refractivity contribution is -0.390. The van der Waals surface area contributed by atoms with Crippen LogP contribution in [0.5, 0.6) is 0 Å². The molecule has 0 radical (unpaired) electrons. The average Bonchev–Trinajstić information content (AvgIpc) is 2.73. The minimum absolute atomic E-state index is 0.143. The SMILES string of the molecule is Cc1cn(Cc2nnc(Cl)s2)nc1[N+](=O)[O-]. The fraction of sp³-hybridized carbons (Fsp3) is 0.286. The van der Waals surface area contributed by atoms with Crippen LogP contribution in [0.4, 0.5) is 5.82 Å². The van der Waals surface area contributed by atoms with E-state index in [9.17, 15) is 10.1 Å². The average molecular weight is 260 g/mol. The Kier molecular flexibility index (Phi) is 2.84. The van der Waals surface area contributed by atoms with Crippen molar-refractivity contribution in [2.75, 3.05) is 0 Å². The molecule has 0 bridgehead atoms. The summed E-state index contributed by atoms with van der Waals surface area (Å²) >= 11 is 6.84. The van der Waals surface area contributed by atoms with Gasteiger partial charge in [0, 0.05) is 0 Å². The number of nitrogens with zero attached hydrogens (tertiary/aromatic N) is 5. The third-order valence-electron chi connectivity index (χ3n) is 1.83. The summed E-state index contributed by atoms with van der Waals surface area (Å²) in [6.45, 7) is 1.97. The van der Waals surface area contributed by atoms with Gasteiger partial charge in [-0.1, -0.05) is 11.3 Å². The van der Waals surface area contributed by atoms with Crippen LogP contribution in [0.1, 0.15) is 10.6 Å². The Morgan fingerprint density at radius 1 is 1.62 bits per heavy atom. The van der Waals surface area contributed by atoms with Crippen LogP contribution in [0, 0.1) is 17.0 Å². The topological polar surface area (TPSA) is 86.7 Å². The van der Waals surface area contributed by atoms with Crippen molar-refractivity contribution in [2.45, 2.75) is 13.5 Å². The fourth-order valence-electron chi connectivity index (χ4n) is 1.21. The second kappa shape index (κ2) is 4.14. The normalized spacial score (nSPS) is 10.6. The predicted molar refractivity (Wildman–Crippen MR) is 57.6 cm³/mol. The molecule has 0 saturated carbocycles. The monoisotopic (exact) mass is 259 g/mol. The van der Waals surface area contributed by atoms with Crippen molar-refractivity contribution < 1.29 is 4.92 Å². The van der Waals surface area contributed by atoms with E-state index >= 15 is 0 Å². The van der Waals surface area contributed by atoms with Crippen molar-refractivity contribution in [3.8, 4) is 0 Å². The van der Waals surface area contributed by atoms with Crippen LogP contribution in [0.25, 0.3) is 0 Å². The summed E-state index contributed by atoms with van der Waals surface area (Å²) in [5.74, 6) is -0.143. The Bertz CT molecular complexity index is 537. The van der Waals surface area contributed by atoms with Gasteiger partial charge in [0.1, 0.15) is 11.6 Å². The van der Waals surface area contributed by atoms with Crippen LogP contribution >= 0.6 is 22.9 Å². The molecule has 0 N–H and O–H groups in total. The zero-order valence-electron chi connectivity index (χ0n) is 8.12. The number of halogens is 1. The maximum absolute atomic E-state index is 10.6. The van der Waals surface area contributed by atoms with Gasteiger partial charge in [-0.05, 0) is 23.4 Å². The highest BCUT2D eigenvalue weighted by molar-refractivity contribution is 7.15.